The SMILES string of the molecule is COc1cc2ncnc(Nc3ccc(Br)c(F)c3)c2cc1OC1CCN(C=CC=O)CC1. The highest BCUT2D eigenvalue weighted by Gasteiger charge is 2.21. The van der Waals surface area contributed by atoms with Crippen molar-refractivity contribution in [2.24, 2.45) is 0 Å². The number of ether oxygens (including phenoxy) is 2. The number of carbonyl (C=O) groups excluding carboxylic acids is 1. The Morgan fingerprint density at radius 1 is 1.19 bits per heavy atom. The first-order valence-corrected chi connectivity index (χ1v) is 10.9. The molecule has 0 amide bonds. The van der Waals surface area contributed by atoms with Crippen LogP contribution in [0.2, 0.25) is 0 Å². The van der Waals surface area contributed by atoms with Gasteiger partial charge in [-0.1, -0.05) is 0 Å². The van der Waals surface area contributed by atoms with E-state index in [1.54, 1.807) is 25.4 Å². The number of likely N-dealkylation sites (tertiary alicyclic amines) is 1. The summed E-state index contributed by atoms with van der Waals surface area (Å²) in [7, 11) is 1.59. The van der Waals surface area contributed by atoms with Crippen LogP contribution in [-0.4, -0.2) is 47.5 Å². The number of piperidine rings is 1. The van der Waals surface area contributed by atoms with Gasteiger partial charge in [-0.15, -0.1) is 0 Å². The number of anilines is 2. The average Bonchev–Trinajstić information content (AvgIpc) is 2.81. The van der Waals surface area contributed by atoms with E-state index >= 15 is 0 Å². The normalized spacial score (nSPS) is 14.7. The van der Waals surface area contributed by atoms with Crippen molar-refractivity contribution in [1.82, 2.24) is 14.9 Å². The predicted octanol–water partition coefficient (Wildman–Crippen LogP) is 4.84. The Bertz CT molecular complexity index is 1150. The molecule has 0 saturated carbocycles. The minimum atomic E-state index is -0.367. The second-order valence-corrected chi connectivity index (χ2v) is 8.18. The highest BCUT2D eigenvalue weighted by atomic mass is 79.9. The molecular weight excluding hydrogens is 479 g/mol. The third-order valence-corrected chi connectivity index (χ3v) is 5.89. The number of aromatic nitrogens is 2. The van der Waals surface area contributed by atoms with Crippen LogP contribution in [0, 0.1) is 5.82 Å². The first-order valence-electron chi connectivity index (χ1n) is 10.1. The smallest absolute Gasteiger partial charge is 0.162 e. The van der Waals surface area contributed by atoms with E-state index in [1.807, 2.05) is 12.1 Å². The van der Waals surface area contributed by atoms with Crippen molar-refractivity contribution in [1.29, 1.82) is 0 Å². The number of hydrogen-bond acceptors (Lipinski definition) is 7. The average molecular weight is 501 g/mol. The minimum Gasteiger partial charge on any atom is -0.493 e. The van der Waals surface area contributed by atoms with Crippen LogP contribution >= 0.6 is 15.9 Å². The van der Waals surface area contributed by atoms with Gasteiger partial charge in [0.05, 0.1) is 17.1 Å². The first-order chi connectivity index (χ1) is 15.6. The minimum absolute atomic E-state index is 0.0174. The van der Waals surface area contributed by atoms with Crippen LogP contribution in [0.1, 0.15) is 12.8 Å². The monoisotopic (exact) mass is 500 g/mol. The maximum atomic E-state index is 13.9. The zero-order chi connectivity index (χ0) is 22.5. The summed E-state index contributed by atoms with van der Waals surface area (Å²) < 4.78 is 26.1. The largest absolute Gasteiger partial charge is 0.493 e. The Morgan fingerprint density at radius 3 is 2.72 bits per heavy atom. The molecule has 166 valence electrons. The van der Waals surface area contributed by atoms with Crippen molar-refractivity contribution in [2.75, 3.05) is 25.5 Å². The summed E-state index contributed by atoms with van der Waals surface area (Å²) in [6.45, 7) is 1.60. The van der Waals surface area contributed by atoms with Crippen LogP contribution < -0.4 is 14.8 Å². The molecular formula is C23H22BrFN4O3. The summed E-state index contributed by atoms with van der Waals surface area (Å²) >= 11 is 3.16. The van der Waals surface area contributed by atoms with Crippen LogP contribution in [-0.2, 0) is 4.79 Å². The number of fused-ring (bicyclic) bond motifs is 1. The third kappa shape index (κ3) is 4.99. The van der Waals surface area contributed by atoms with Crippen LogP contribution in [0.3, 0.4) is 0 Å². The molecule has 3 aromatic rings. The second-order valence-electron chi connectivity index (χ2n) is 7.33. The van der Waals surface area contributed by atoms with Gasteiger partial charge in [0, 0.05) is 49.3 Å². The number of methoxy groups -OCH3 is 1. The van der Waals surface area contributed by atoms with Crippen LogP contribution in [0.5, 0.6) is 11.5 Å². The van der Waals surface area contributed by atoms with Gasteiger partial charge in [-0.3, -0.25) is 4.79 Å². The summed E-state index contributed by atoms with van der Waals surface area (Å²) in [5.74, 6) is 1.35. The van der Waals surface area contributed by atoms with Crippen molar-refractivity contribution in [2.45, 2.75) is 18.9 Å². The van der Waals surface area contributed by atoms with Gasteiger partial charge in [-0.25, -0.2) is 14.4 Å². The second kappa shape index (κ2) is 9.95. The molecule has 0 unspecified atom stereocenters. The van der Waals surface area contributed by atoms with Gasteiger partial charge in [0.1, 0.15) is 30.4 Å². The summed E-state index contributed by atoms with van der Waals surface area (Å²) in [5.41, 5.74) is 1.25. The van der Waals surface area contributed by atoms with Crippen molar-refractivity contribution in [3.63, 3.8) is 0 Å². The van der Waals surface area contributed by atoms with E-state index in [1.165, 1.54) is 18.5 Å². The zero-order valence-electron chi connectivity index (χ0n) is 17.4. The van der Waals surface area contributed by atoms with Crippen LogP contribution in [0.25, 0.3) is 10.9 Å². The molecule has 1 aliphatic rings. The maximum Gasteiger partial charge on any atom is 0.162 e. The van der Waals surface area contributed by atoms with E-state index in [-0.39, 0.29) is 11.9 Å². The molecule has 4 rings (SSSR count). The van der Waals surface area contributed by atoms with E-state index in [9.17, 15) is 9.18 Å². The molecule has 0 aliphatic carbocycles. The van der Waals surface area contributed by atoms with E-state index in [0.717, 1.165) is 37.6 Å². The third-order valence-electron chi connectivity index (χ3n) is 5.25. The van der Waals surface area contributed by atoms with E-state index < -0.39 is 0 Å². The summed E-state index contributed by atoms with van der Waals surface area (Å²) in [6.07, 6.45) is 7.18. The van der Waals surface area contributed by atoms with Crippen molar-refractivity contribution < 1.29 is 18.7 Å². The number of rotatable bonds is 7. The number of allylic oxidation sites excluding steroid dienone is 1. The summed E-state index contributed by atoms with van der Waals surface area (Å²) in [6, 6.07) is 8.45. The van der Waals surface area contributed by atoms with Crippen molar-refractivity contribution >= 4 is 44.6 Å². The number of carbonyl (C=O) groups is 1. The molecule has 7 nitrogen and oxygen atoms in total. The number of benzene rings is 2. The predicted molar refractivity (Wildman–Crippen MR) is 124 cm³/mol. The summed E-state index contributed by atoms with van der Waals surface area (Å²) in [5, 5.41) is 3.89. The lowest BCUT2D eigenvalue weighted by Gasteiger charge is -2.31. The number of nitrogens with one attached hydrogen (secondary N) is 1. The van der Waals surface area contributed by atoms with Gasteiger partial charge < -0.3 is 19.7 Å². The highest BCUT2D eigenvalue weighted by molar-refractivity contribution is 9.10. The lowest BCUT2D eigenvalue weighted by molar-refractivity contribution is -0.104. The highest BCUT2D eigenvalue weighted by Crippen LogP contribution is 2.36. The number of aldehydes is 1. The van der Waals surface area contributed by atoms with Crippen LogP contribution in [0.15, 0.2) is 53.4 Å². The Morgan fingerprint density at radius 2 is 2.00 bits per heavy atom. The Labute approximate surface area is 193 Å². The van der Waals surface area contributed by atoms with Gasteiger partial charge in [0.15, 0.2) is 11.5 Å². The van der Waals surface area contributed by atoms with Gasteiger partial charge in [0.2, 0.25) is 0 Å². The molecule has 0 bridgehead atoms. The lowest BCUT2D eigenvalue weighted by Crippen LogP contribution is -2.35. The van der Waals surface area contributed by atoms with Gasteiger partial charge in [-0.05, 0) is 46.3 Å². The van der Waals surface area contributed by atoms with Crippen LogP contribution in [0.4, 0.5) is 15.9 Å². The van der Waals surface area contributed by atoms with Crippen molar-refractivity contribution in [3.8, 4) is 11.5 Å². The van der Waals surface area contributed by atoms with Crippen molar-refractivity contribution in [3.05, 3.63) is 59.2 Å². The summed E-state index contributed by atoms with van der Waals surface area (Å²) in [4.78, 5) is 21.3. The standard InChI is InChI=1S/C23H22BrFN4O3/c1-31-21-13-20-17(12-22(21)32-16-5-8-29(9-6-16)7-2-10-30)23(27-14-26-20)28-15-3-4-18(24)19(25)11-15/h2-4,7,10-14,16H,5-6,8-9H2,1H3,(H,26,27,28). The quantitative estimate of drug-likeness (QED) is 0.367. The topological polar surface area (TPSA) is 76.6 Å². The molecule has 1 aromatic heterocycles. The molecule has 0 radical (unpaired) electrons. The fraction of sp³-hybridized carbons (Fsp3) is 0.261. The molecule has 0 spiro atoms. The Balaban J connectivity index is 1.59. The molecule has 1 saturated heterocycles. The number of halogens is 2. The van der Waals surface area contributed by atoms with E-state index in [0.29, 0.717) is 33.0 Å². The Hall–Kier alpha value is -3.20. The molecule has 0 atom stereocenters. The van der Waals surface area contributed by atoms with Gasteiger partial charge in [0.25, 0.3) is 0 Å². The molecule has 32 heavy (non-hydrogen) atoms. The van der Waals surface area contributed by atoms with E-state index in [2.05, 4.69) is 36.1 Å². The van der Waals surface area contributed by atoms with E-state index in [4.69, 9.17) is 9.47 Å². The molecule has 1 aliphatic heterocycles. The van der Waals surface area contributed by atoms with Gasteiger partial charge in [-0.2, -0.15) is 0 Å². The first kappa shape index (κ1) is 22.0. The Kier molecular flexibility index (Phi) is 6.84. The lowest BCUT2D eigenvalue weighted by atomic mass is 10.1. The molecule has 2 aromatic carbocycles. The molecule has 9 heteroatoms. The van der Waals surface area contributed by atoms with Gasteiger partial charge >= 0.3 is 0 Å². The number of nitrogens with zero attached hydrogens (tertiary/aromatic N) is 3. The molecule has 1 fully saturated rings. The fourth-order valence-corrected chi connectivity index (χ4v) is 3.85. The molecule has 2 heterocycles. The fourth-order valence-electron chi connectivity index (χ4n) is 3.60. The maximum absolute atomic E-state index is 13.9. The zero-order valence-corrected chi connectivity index (χ0v) is 19.0. The molecule has 1 N–H and O–H groups in total. The number of hydrogen-bond donors (Lipinski definition) is 1.